The zero-order valence-corrected chi connectivity index (χ0v) is 12.7. The molecule has 8 heteroatoms. The van der Waals surface area contributed by atoms with Gasteiger partial charge in [0.15, 0.2) is 0 Å². The maximum atomic E-state index is 12.1. The van der Waals surface area contributed by atoms with Gasteiger partial charge in [-0.2, -0.15) is 5.10 Å². The second-order valence-electron chi connectivity index (χ2n) is 4.77. The van der Waals surface area contributed by atoms with Crippen molar-refractivity contribution in [2.45, 2.75) is 12.5 Å². The van der Waals surface area contributed by atoms with Crippen molar-refractivity contribution in [1.29, 1.82) is 0 Å². The largest absolute Gasteiger partial charge is 0.352 e. The molecule has 1 aromatic heterocycles. The van der Waals surface area contributed by atoms with E-state index in [1.54, 1.807) is 42.2 Å². The number of anilines is 1. The smallest absolute Gasteiger partial charge is 0.312 e. The Bertz CT molecular complexity index is 668. The molecule has 3 amide bonds. The van der Waals surface area contributed by atoms with E-state index in [9.17, 15) is 9.59 Å². The van der Waals surface area contributed by atoms with E-state index in [-0.39, 0.29) is 12.3 Å². The van der Waals surface area contributed by atoms with Crippen molar-refractivity contribution in [2.24, 2.45) is 12.8 Å². The number of carbonyl (C=O) groups is 2. The van der Waals surface area contributed by atoms with E-state index in [0.29, 0.717) is 10.7 Å². The maximum absolute atomic E-state index is 12.1. The molecule has 1 aromatic carbocycles. The zero-order chi connectivity index (χ0) is 16.1. The average Bonchev–Trinajstić information content (AvgIpc) is 2.83. The minimum absolute atomic E-state index is 0.0411. The van der Waals surface area contributed by atoms with E-state index in [1.165, 1.54) is 6.20 Å². The summed E-state index contributed by atoms with van der Waals surface area (Å²) in [5.41, 5.74) is 6.50. The van der Waals surface area contributed by atoms with Gasteiger partial charge < -0.3 is 16.4 Å². The fraction of sp³-hybridized carbons (Fsp3) is 0.214. The van der Waals surface area contributed by atoms with E-state index in [0.717, 1.165) is 5.56 Å². The lowest BCUT2D eigenvalue weighted by Crippen LogP contribution is -2.35. The number of nitrogens with one attached hydrogen (secondary N) is 2. The molecule has 0 saturated heterocycles. The number of carbonyl (C=O) groups excluding carboxylic acids is 2. The molecule has 116 valence electrons. The van der Waals surface area contributed by atoms with Gasteiger partial charge in [0.25, 0.3) is 0 Å². The molecule has 0 aliphatic carbocycles. The molecule has 0 radical (unpaired) electrons. The van der Waals surface area contributed by atoms with Crippen molar-refractivity contribution in [1.82, 2.24) is 15.1 Å². The summed E-state index contributed by atoms with van der Waals surface area (Å²) < 4.78 is 1.58. The molecule has 22 heavy (non-hydrogen) atoms. The first-order valence-electron chi connectivity index (χ1n) is 6.54. The van der Waals surface area contributed by atoms with Crippen molar-refractivity contribution in [3.8, 4) is 0 Å². The molecule has 7 nitrogen and oxygen atoms in total. The molecule has 2 aromatic rings. The Balaban J connectivity index is 2.07. The molecule has 1 heterocycles. The lowest BCUT2D eigenvalue weighted by molar-refractivity contribution is -0.116. The fourth-order valence-corrected chi connectivity index (χ4v) is 2.13. The van der Waals surface area contributed by atoms with E-state index in [2.05, 4.69) is 15.7 Å². The summed E-state index contributed by atoms with van der Waals surface area (Å²) in [6, 6.07) is 5.61. The third-order valence-electron chi connectivity index (χ3n) is 2.97. The van der Waals surface area contributed by atoms with Gasteiger partial charge in [-0.15, -0.1) is 0 Å². The summed E-state index contributed by atoms with van der Waals surface area (Å²) in [4.78, 5) is 23.2. The number of benzene rings is 1. The first kappa shape index (κ1) is 15.8. The Morgan fingerprint density at radius 1 is 1.36 bits per heavy atom. The Morgan fingerprint density at radius 3 is 2.59 bits per heavy atom. The summed E-state index contributed by atoms with van der Waals surface area (Å²) in [7, 11) is 1.75. The number of primary amides is 1. The third kappa shape index (κ3) is 4.49. The lowest BCUT2D eigenvalue weighted by atomic mass is 10.0. The predicted molar refractivity (Wildman–Crippen MR) is 83.4 cm³/mol. The van der Waals surface area contributed by atoms with Crippen molar-refractivity contribution in [3.63, 3.8) is 0 Å². The third-order valence-corrected chi connectivity index (χ3v) is 3.22. The number of nitrogens with two attached hydrogens (primary N) is 1. The summed E-state index contributed by atoms with van der Waals surface area (Å²) in [6.45, 7) is 0. The fourth-order valence-electron chi connectivity index (χ4n) is 2.00. The number of aryl methyl sites for hydroxylation is 1. The highest BCUT2D eigenvalue weighted by Crippen LogP contribution is 2.20. The molecule has 0 saturated carbocycles. The van der Waals surface area contributed by atoms with Crippen LogP contribution in [0.25, 0.3) is 0 Å². The summed E-state index contributed by atoms with van der Waals surface area (Å²) >= 11 is 5.84. The average molecular weight is 322 g/mol. The van der Waals surface area contributed by atoms with Crippen LogP contribution in [0, 0.1) is 0 Å². The van der Waals surface area contributed by atoms with Gasteiger partial charge in [-0.1, -0.05) is 23.7 Å². The van der Waals surface area contributed by atoms with Gasteiger partial charge in [-0.3, -0.25) is 9.48 Å². The van der Waals surface area contributed by atoms with Crippen molar-refractivity contribution >= 4 is 29.2 Å². The number of amides is 3. The van der Waals surface area contributed by atoms with Gasteiger partial charge in [0, 0.05) is 18.3 Å². The molecule has 0 aliphatic rings. The molecule has 0 bridgehead atoms. The SMILES string of the molecule is Cn1cc(NC(=O)C[C@H](NC(N)=O)c2ccc(Cl)cc2)cn1. The van der Waals surface area contributed by atoms with Crippen LogP contribution in [0.1, 0.15) is 18.0 Å². The summed E-state index contributed by atoms with van der Waals surface area (Å²) in [5, 5.41) is 9.79. The Hall–Kier alpha value is -2.54. The van der Waals surface area contributed by atoms with Crippen LogP contribution in [0.5, 0.6) is 0 Å². The zero-order valence-electron chi connectivity index (χ0n) is 11.9. The van der Waals surface area contributed by atoms with Crippen LogP contribution in [-0.4, -0.2) is 21.7 Å². The highest BCUT2D eigenvalue weighted by atomic mass is 35.5. The summed E-state index contributed by atoms with van der Waals surface area (Å²) in [5.74, 6) is -0.262. The number of urea groups is 1. The van der Waals surface area contributed by atoms with Crippen LogP contribution in [-0.2, 0) is 11.8 Å². The molecule has 1 atom stereocenters. The number of aromatic nitrogens is 2. The number of nitrogens with zero attached hydrogens (tertiary/aromatic N) is 2. The highest BCUT2D eigenvalue weighted by Gasteiger charge is 2.18. The Labute approximate surface area is 132 Å². The second-order valence-corrected chi connectivity index (χ2v) is 5.20. The molecule has 2 rings (SSSR count). The molecule has 0 aliphatic heterocycles. The van der Waals surface area contributed by atoms with E-state index in [4.69, 9.17) is 17.3 Å². The number of rotatable bonds is 5. The van der Waals surface area contributed by atoms with Crippen LogP contribution in [0.4, 0.5) is 10.5 Å². The van der Waals surface area contributed by atoms with Crippen molar-refractivity contribution < 1.29 is 9.59 Å². The Kier molecular flexibility index (Phi) is 5.00. The number of hydrogen-bond donors (Lipinski definition) is 3. The van der Waals surface area contributed by atoms with E-state index < -0.39 is 12.1 Å². The van der Waals surface area contributed by atoms with Gasteiger partial charge in [0.2, 0.25) is 5.91 Å². The normalized spacial score (nSPS) is 11.7. The van der Waals surface area contributed by atoms with Crippen LogP contribution in [0.3, 0.4) is 0 Å². The van der Waals surface area contributed by atoms with Crippen LogP contribution in [0.2, 0.25) is 5.02 Å². The van der Waals surface area contributed by atoms with Crippen molar-refractivity contribution in [3.05, 3.63) is 47.2 Å². The predicted octanol–water partition coefficient (Wildman–Crippen LogP) is 1.81. The lowest BCUT2D eigenvalue weighted by Gasteiger charge is -2.17. The first-order chi connectivity index (χ1) is 10.4. The molecule has 0 spiro atoms. The van der Waals surface area contributed by atoms with Gasteiger partial charge in [0.1, 0.15) is 0 Å². The standard InChI is InChI=1S/C14H16ClN5O2/c1-20-8-11(7-17-20)18-13(21)6-12(19-14(16)22)9-2-4-10(15)5-3-9/h2-5,7-8,12H,6H2,1H3,(H,18,21)(H3,16,19,22)/t12-/m0/s1. The maximum Gasteiger partial charge on any atom is 0.312 e. The van der Waals surface area contributed by atoms with Crippen LogP contribution >= 0.6 is 11.6 Å². The second kappa shape index (κ2) is 6.95. The molecular formula is C14H16ClN5O2. The highest BCUT2D eigenvalue weighted by molar-refractivity contribution is 6.30. The topological polar surface area (TPSA) is 102 Å². The Morgan fingerprint density at radius 2 is 2.05 bits per heavy atom. The molecule has 0 fully saturated rings. The molecule has 4 N–H and O–H groups in total. The van der Waals surface area contributed by atoms with E-state index >= 15 is 0 Å². The monoisotopic (exact) mass is 321 g/mol. The molecular weight excluding hydrogens is 306 g/mol. The number of hydrogen-bond acceptors (Lipinski definition) is 3. The van der Waals surface area contributed by atoms with Crippen LogP contribution in [0.15, 0.2) is 36.7 Å². The van der Waals surface area contributed by atoms with Gasteiger partial charge >= 0.3 is 6.03 Å². The van der Waals surface area contributed by atoms with E-state index in [1.807, 2.05) is 0 Å². The van der Waals surface area contributed by atoms with Crippen LogP contribution < -0.4 is 16.4 Å². The van der Waals surface area contributed by atoms with Gasteiger partial charge in [0.05, 0.1) is 24.3 Å². The van der Waals surface area contributed by atoms with Gasteiger partial charge in [-0.05, 0) is 17.7 Å². The first-order valence-corrected chi connectivity index (χ1v) is 6.92. The number of halogens is 1. The molecule has 0 unspecified atom stereocenters. The van der Waals surface area contributed by atoms with Crippen molar-refractivity contribution in [2.75, 3.05) is 5.32 Å². The minimum Gasteiger partial charge on any atom is -0.352 e. The summed E-state index contributed by atoms with van der Waals surface area (Å²) in [6.07, 6.45) is 3.26. The minimum atomic E-state index is -0.700. The van der Waals surface area contributed by atoms with Gasteiger partial charge in [-0.25, -0.2) is 4.79 Å². The quantitative estimate of drug-likeness (QED) is 0.782.